The predicted octanol–water partition coefficient (Wildman–Crippen LogP) is 6.08. The number of hydrazone groups is 1. The highest BCUT2D eigenvalue weighted by atomic mass is 35.5. The van der Waals surface area contributed by atoms with E-state index < -0.39 is 5.82 Å². The highest BCUT2D eigenvalue weighted by Gasteiger charge is 2.24. The SMILES string of the molecule is C=NN(Cc1ccccc1F)/C(C)=C(\C)C1=C(C)C(c2c(F)cccc2Cl)=NOC1. The molecule has 0 atom stereocenters. The summed E-state index contributed by atoms with van der Waals surface area (Å²) in [5.74, 6) is -0.783. The van der Waals surface area contributed by atoms with E-state index in [4.69, 9.17) is 16.4 Å². The molecule has 3 rings (SSSR count). The molecule has 0 aromatic heterocycles. The van der Waals surface area contributed by atoms with Crippen molar-refractivity contribution in [2.24, 2.45) is 10.3 Å². The Balaban J connectivity index is 2.00. The van der Waals surface area contributed by atoms with Gasteiger partial charge in [0.05, 0.1) is 17.1 Å². The minimum atomic E-state index is -0.474. The molecule has 0 radical (unpaired) electrons. The van der Waals surface area contributed by atoms with Crippen LogP contribution >= 0.6 is 11.6 Å². The van der Waals surface area contributed by atoms with Crippen molar-refractivity contribution >= 4 is 24.0 Å². The third kappa shape index (κ3) is 4.28. The van der Waals surface area contributed by atoms with Gasteiger partial charge in [-0.25, -0.2) is 8.78 Å². The Labute approximate surface area is 179 Å². The molecule has 0 aliphatic carbocycles. The van der Waals surface area contributed by atoms with E-state index in [1.807, 2.05) is 20.8 Å². The number of hydrogen-bond donors (Lipinski definition) is 0. The van der Waals surface area contributed by atoms with Crippen LogP contribution in [0.1, 0.15) is 31.9 Å². The Bertz CT molecular complexity index is 1060. The van der Waals surface area contributed by atoms with Gasteiger partial charge in [0.2, 0.25) is 0 Å². The average molecular weight is 430 g/mol. The first-order valence-corrected chi connectivity index (χ1v) is 9.72. The topological polar surface area (TPSA) is 37.2 Å². The summed E-state index contributed by atoms with van der Waals surface area (Å²) in [5.41, 5.74) is 4.26. The molecule has 2 aromatic rings. The van der Waals surface area contributed by atoms with Crippen LogP contribution in [-0.4, -0.2) is 24.0 Å². The van der Waals surface area contributed by atoms with Crippen LogP contribution in [0.4, 0.5) is 8.78 Å². The van der Waals surface area contributed by atoms with Crippen LogP contribution in [-0.2, 0) is 11.4 Å². The molecule has 0 saturated carbocycles. The van der Waals surface area contributed by atoms with Crippen molar-refractivity contribution < 1.29 is 13.6 Å². The number of oxime groups is 1. The second-order valence-electron chi connectivity index (χ2n) is 6.91. The van der Waals surface area contributed by atoms with E-state index in [0.717, 1.165) is 22.4 Å². The summed E-state index contributed by atoms with van der Waals surface area (Å²) in [4.78, 5) is 5.40. The van der Waals surface area contributed by atoms with Gasteiger partial charge in [-0.1, -0.05) is 41.0 Å². The first kappa shape index (κ1) is 21.7. The van der Waals surface area contributed by atoms with Gasteiger partial charge in [-0.05, 0) is 50.1 Å². The standard InChI is InChI=1S/C23H22ClF2N3O/c1-14(16(3)29(27-4)12-17-8-5-6-10-20(17)25)18-13-30-28-23(15(18)2)22-19(24)9-7-11-21(22)26/h5-11H,4,12-13H2,1-3H3/b16-14+. The van der Waals surface area contributed by atoms with Gasteiger partial charge in [0.1, 0.15) is 24.0 Å². The van der Waals surface area contributed by atoms with Gasteiger partial charge < -0.3 is 4.84 Å². The summed E-state index contributed by atoms with van der Waals surface area (Å²) < 4.78 is 28.5. The second-order valence-corrected chi connectivity index (χ2v) is 7.32. The van der Waals surface area contributed by atoms with Crippen molar-refractivity contribution in [3.05, 3.63) is 92.7 Å². The average Bonchev–Trinajstić information content (AvgIpc) is 2.73. The molecule has 7 heteroatoms. The van der Waals surface area contributed by atoms with Gasteiger partial charge in [-0.15, -0.1) is 0 Å². The van der Waals surface area contributed by atoms with Crippen LogP contribution < -0.4 is 0 Å². The lowest BCUT2D eigenvalue weighted by molar-refractivity contribution is 0.164. The molecular weight excluding hydrogens is 408 g/mol. The highest BCUT2D eigenvalue weighted by molar-refractivity contribution is 6.35. The van der Waals surface area contributed by atoms with Crippen LogP contribution in [0.2, 0.25) is 5.02 Å². The predicted molar refractivity (Wildman–Crippen MR) is 116 cm³/mol. The van der Waals surface area contributed by atoms with E-state index in [9.17, 15) is 8.78 Å². The Hall–Kier alpha value is -2.99. The summed E-state index contributed by atoms with van der Waals surface area (Å²) in [6.07, 6.45) is 0. The normalized spacial score (nSPS) is 14.7. The number of nitrogens with zero attached hydrogens (tertiary/aromatic N) is 3. The Kier molecular flexibility index (Phi) is 6.67. The Morgan fingerprint density at radius 1 is 1.17 bits per heavy atom. The zero-order valence-corrected chi connectivity index (χ0v) is 17.8. The van der Waals surface area contributed by atoms with Gasteiger partial charge in [-0.2, -0.15) is 5.10 Å². The first-order chi connectivity index (χ1) is 14.3. The zero-order chi connectivity index (χ0) is 21.8. The minimum Gasteiger partial charge on any atom is -0.390 e. The molecule has 0 spiro atoms. The molecule has 156 valence electrons. The quantitative estimate of drug-likeness (QED) is 0.412. The summed E-state index contributed by atoms with van der Waals surface area (Å²) in [6.45, 7) is 9.69. The maximum atomic E-state index is 14.4. The molecule has 0 amide bonds. The fourth-order valence-electron chi connectivity index (χ4n) is 3.30. The van der Waals surface area contributed by atoms with Crippen molar-refractivity contribution in [3.63, 3.8) is 0 Å². The lowest BCUT2D eigenvalue weighted by Crippen LogP contribution is -2.21. The molecule has 0 N–H and O–H groups in total. The molecule has 30 heavy (non-hydrogen) atoms. The molecule has 2 aromatic carbocycles. The van der Waals surface area contributed by atoms with E-state index in [-0.39, 0.29) is 29.6 Å². The summed E-state index contributed by atoms with van der Waals surface area (Å²) >= 11 is 6.22. The Morgan fingerprint density at radius 3 is 2.53 bits per heavy atom. The zero-order valence-electron chi connectivity index (χ0n) is 17.0. The molecule has 0 bridgehead atoms. The third-order valence-electron chi connectivity index (χ3n) is 5.20. The maximum Gasteiger partial charge on any atom is 0.143 e. The molecule has 4 nitrogen and oxygen atoms in total. The number of halogens is 3. The van der Waals surface area contributed by atoms with Gasteiger partial charge in [-0.3, -0.25) is 5.01 Å². The van der Waals surface area contributed by atoms with Crippen molar-refractivity contribution in [1.29, 1.82) is 0 Å². The molecular formula is C23H22ClF2N3O. The van der Waals surface area contributed by atoms with Gasteiger partial charge >= 0.3 is 0 Å². The van der Waals surface area contributed by atoms with E-state index in [1.54, 1.807) is 29.3 Å². The van der Waals surface area contributed by atoms with Gasteiger partial charge in [0.15, 0.2) is 0 Å². The van der Waals surface area contributed by atoms with Crippen molar-refractivity contribution in [2.75, 3.05) is 6.61 Å². The summed E-state index contributed by atoms with van der Waals surface area (Å²) in [5, 5.41) is 9.98. The smallest absolute Gasteiger partial charge is 0.143 e. The number of rotatable bonds is 6. The molecule has 0 unspecified atom stereocenters. The van der Waals surface area contributed by atoms with Crippen LogP contribution in [0.3, 0.4) is 0 Å². The van der Waals surface area contributed by atoms with E-state index in [2.05, 4.69) is 17.0 Å². The molecule has 1 heterocycles. The van der Waals surface area contributed by atoms with Crippen LogP contribution in [0.25, 0.3) is 0 Å². The third-order valence-corrected chi connectivity index (χ3v) is 5.52. The minimum absolute atomic E-state index is 0.198. The lowest BCUT2D eigenvalue weighted by Gasteiger charge is -2.25. The van der Waals surface area contributed by atoms with Crippen molar-refractivity contribution in [2.45, 2.75) is 27.3 Å². The van der Waals surface area contributed by atoms with Crippen molar-refractivity contribution in [3.8, 4) is 0 Å². The highest BCUT2D eigenvalue weighted by Crippen LogP contribution is 2.30. The fraction of sp³-hybridized carbons (Fsp3) is 0.217. The van der Waals surface area contributed by atoms with E-state index in [0.29, 0.717) is 11.3 Å². The van der Waals surface area contributed by atoms with Gasteiger partial charge in [0, 0.05) is 23.6 Å². The molecule has 1 aliphatic heterocycles. The monoisotopic (exact) mass is 429 g/mol. The van der Waals surface area contributed by atoms with E-state index >= 15 is 0 Å². The summed E-state index contributed by atoms with van der Waals surface area (Å²) in [7, 11) is 0. The molecule has 0 saturated heterocycles. The molecule has 0 fully saturated rings. The number of hydrogen-bond acceptors (Lipinski definition) is 4. The maximum absolute atomic E-state index is 14.4. The van der Waals surface area contributed by atoms with Crippen molar-refractivity contribution in [1.82, 2.24) is 5.01 Å². The second kappa shape index (κ2) is 9.22. The van der Waals surface area contributed by atoms with Crippen LogP contribution in [0.15, 0.2) is 75.1 Å². The first-order valence-electron chi connectivity index (χ1n) is 9.35. The van der Waals surface area contributed by atoms with E-state index in [1.165, 1.54) is 18.2 Å². The fourth-order valence-corrected chi connectivity index (χ4v) is 3.55. The number of allylic oxidation sites excluding steroid dienone is 2. The lowest BCUT2D eigenvalue weighted by atomic mass is 9.93. The Morgan fingerprint density at radius 2 is 1.87 bits per heavy atom. The largest absolute Gasteiger partial charge is 0.390 e. The number of benzene rings is 2. The summed E-state index contributed by atoms with van der Waals surface area (Å²) in [6, 6.07) is 11.0. The van der Waals surface area contributed by atoms with Crippen LogP contribution in [0.5, 0.6) is 0 Å². The van der Waals surface area contributed by atoms with Gasteiger partial charge in [0.25, 0.3) is 0 Å². The molecule has 1 aliphatic rings. The van der Waals surface area contributed by atoms with Crippen LogP contribution in [0, 0.1) is 11.6 Å².